The minimum atomic E-state index is -0.968. The third kappa shape index (κ3) is 4.88. The number of carbonyl (C=O) groups is 2. The van der Waals surface area contributed by atoms with Gasteiger partial charge in [0.1, 0.15) is 0 Å². The fourth-order valence-corrected chi connectivity index (χ4v) is 2.25. The van der Waals surface area contributed by atoms with Gasteiger partial charge in [-0.25, -0.2) is 4.79 Å². The minimum Gasteiger partial charge on any atom is -0.478 e. The first-order valence-corrected chi connectivity index (χ1v) is 7.38. The summed E-state index contributed by atoms with van der Waals surface area (Å²) < 4.78 is 0. The quantitative estimate of drug-likeness (QED) is 0.843. The van der Waals surface area contributed by atoms with Crippen LogP contribution in [0.3, 0.4) is 0 Å². The summed E-state index contributed by atoms with van der Waals surface area (Å²) in [7, 11) is 1.74. The Labute approximate surface area is 134 Å². The maximum absolute atomic E-state index is 12.2. The van der Waals surface area contributed by atoms with Crippen LogP contribution in [-0.4, -0.2) is 45.4 Å². The van der Waals surface area contributed by atoms with Gasteiger partial charge >= 0.3 is 5.97 Å². The summed E-state index contributed by atoms with van der Waals surface area (Å²) in [5, 5.41) is 9.14. The molecule has 6 heteroatoms. The first-order chi connectivity index (χ1) is 11.1. The molecule has 0 saturated carbocycles. The van der Waals surface area contributed by atoms with E-state index in [1.165, 1.54) is 0 Å². The third-order valence-electron chi connectivity index (χ3n) is 3.60. The van der Waals surface area contributed by atoms with Crippen molar-refractivity contribution in [2.24, 2.45) is 0 Å². The molecule has 6 nitrogen and oxygen atoms in total. The number of benzene rings is 1. The second kappa shape index (κ2) is 8.03. The third-order valence-corrected chi connectivity index (χ3v) is 3.60. The molecule has 0 radical (unpaired) electrons. The van der Waals surface area contributed by atoms with E-state index in [1.54, 1.807) is 54.8 Å². The molecule has 0 atom stereocenters. The Morgan fingerprint density at radius 1 is 1.17 bits per heavy atom. The van der Waals surface area contributed by atoms with Crippen LogP contribution in [0.2, 0.25) is 0 Å². The number of hydrogen-bond donors (Lipinski definition) is 1. The Morgan fingerprint density at radius 2 is 1.96 bits per heavy atom. The van der Waals surface area contributed by atoms with Crippen LogP contribution in [0.4, 0.5) is 0 Å². The molecule has 1 aromatic heterocycles. The van der Waals surface area contributed by atoms with E-state index >= 15 is 0 Å². The summed E-state index contributed by atoms with van der Waals surface area (Å²) in [4.78, 5) is 33.1. The number of carboxylic acid groups (broad SMARTS) is 1. The highest BCUT2D eigenvalue weighted by Gasteiger charge is 2.13. The summed E-state index contributed by atoms with van der Waals surface area (Å²) in [6.07, 6.45) is 6.25. The average Bonchev–Trinajstić information content (AvgIpc) is 2.58. The number of likely N-dealkylation sites (N-methyl/N-ethyl adjacent to an activating group) is 1. The Hall–Kier alpha value is -2.76. The SMILES string of the molecule is CN(CCc1cnccn1)C(=O)CCc1ccccc1C(=O)O. The summed E-state index contributed by atoms with van der Waals surface area (Å²) in [5.74, 6) is -0.988. The van der Waals surface area contributed by atoms with Crippen molar-refractivity contribution < 1.29 is 14.7 Å². The van der Waals surface area contributed by atoms with E-state index in [-0.39, 0.29) is 17.9 Å². The molecule has 0 spiro atoms. The van der Waals surface area contributed by atoms with Crippen molar-refractivity contribution in [2.45, 2.75) is 19.3 Å². The highest BCUT2D eigenvalue weighted by atomic mass is 16.4. The molecule has 0 aliphatic rings. The number of carboxylic acids is 1. The van der Waals surface area contributed by atoms with E-state index in [9.17, 15) is 9.59 Å². The molecule has 2 aromatic rings. The highest BCUT2D eigenvalue weighted by Crippen LogP contribution is 2.12. The molecule has 23 heavy (non-hydrogen) atoms. The van der Waals surface area contributed by atoms with E-state index in [1.807, 2.05) is 0 Å². The number of aromatic nitrogens is 2. The molecular formula is C17H19N3O3. The Kier molecular flexibility index (Phi) is 5.80. The maximum Gasteiger partial charge on any atom is 0.335 e. The van der Waals surface area contributed by atoms with E-state index in [0.29, 0.717) is 24.9 Å². The molecule has 0 saturated heterocycles. The van der Waals surface area contributed by atoms with E-state index in [0.717, 1.165) is 5.69 Å². The van der Waals surface area contributed by atoms with Crippen LogP contribution in [0.1, 0.15) is 28.0 Å². The number of hydrogen-bond acceptors (Lipinski definition) is 4. The number of aromatic carboxylic acids is 1. The van der Waals surface area contributed by atoms with Crippen LogP contribution in [-0.2, 0) is 17.6 Å². The normalized spacial score (nSPS) is 10.3. The molecule has 2 rings (SSSR count). The number of rotatable bonds is 7. The lowest BCUT2D eigenvalue weighted by molar-refractivity contribution is -0.129. The lowest BCUT2D eigenvalue weighted by Crippen LogP contribution is -2.29. The van der Waals surface area contributed by atoms with E-state index < -0.39 is 5.97 Å². The van der Waals surface area contributed by atoms with Gasteiger partial charge in [-0.3, -0.25) is 14.8 Å². The van der Waals surface area contributed by atoms with Crippen LogP contribution < -0.4 is 0 Å². The molecule has 0 aliphatic carbocycles. The van der Waals surface area contributed by atoms with Crippen LogP contribution in [0, 0.1) is 0 Å². The summed E-state index contributed by atoms with van der Waals surface area (Å²) >= 11 is 0. The maximum atomic E-state index is 12.2. The Bertz CT molecular complexity index is 674. The zero-order valence-electron chi connectivity index (χ0n) is 13.0. The number of nitrogens with zero attached hydrogens (tertiary/aromatic N) is 3. The van der Waals surface area contributed by atoms with Gasteiger partial charge in [0.15, 0.2) is 0 Å². The molecule has 0 bridgehead atoms. The lowest BCUT2D eigenvalue weighted by atomic mass is 10.0. The van der Waals surface area contributed by atoms with Crippen molar-refractivity contribution in [2.75, 3.05) is 13.6 Å². The minimum absolute atomic E-state index is 0.0194. The Morgan fingerprint density at radius 3 is 2.65 bits per heavy atom. The Balaban J connectivity index is 1.86. The first-order valence-electron chi connectivity index (χ1n) is 7.38. The molecule has 0 unspecified atom stereocenters. The van der Waals surface area contributed by atoms with E-state index in [2.05, 4.69) is 9.97 Å². The predicted molar refractivity (Wildman–Crippen MR) is 85.1 cm³/mol. The van der Waals surface area contributed by atoms with Crippen LogP contribution in [0.25, 0.3) is 0 Å². The number of carbonyl (C=O) groups excluding carboxylic acids is 1. The fourth-order valence-electron chi connectivity index (χ4n) is 2.25. The van der Waals surface area contributed by atoms with Gasteiger partial charge in [0.05, 0.1) is 11.3 Å². The second-order valence-electron chi connectivity index (χ2n) is 5.22. The molecule has 1 heterocycles. The van der Waals surface area contributed by atoms with Crippen molar-refractivity contribution >= 4 is 11.9 Å². The van der Waals surface area contributed by atoms with Crippen molar-refractivity contribution in [1.82, 2.24) is 14.9 Å². The lowest BCUT2D eigenvalue weighted by Gasteiger charge is -2.17. The summed E-state index contributed by atoms with van der Waals surface area (Å²) in [5.41, 5.74) is 1.77. The van der Waals surface area contributed by atoms with Gasteiger partial charge in [-0.2, -0.15) is 0 Å². The van der Waals surface area contributed by atoms with Gasteiger partial charge < -0.3 is 10.0 Å². The summed E-state index contributed by atoms with van der Waals surface area (Å²) in [6, 6.07) is 6.77. The molecule has 120 valence electrons. The van der Waals surface area contributed by atoms with Gasteiger partial charge in [0.25, 0.3) is 0 Å². The van der Waals surface area contributed by atoms with Gasteiger partial charge in [0, 0.05) is 45.0 Å². The zero-order valence-corrected chi connectivity index (χ0v) is 13.0. The van der Waals surface area contributed by atoms with Crippen LogP contribution in [0.15, 0.2) is 42.9 Å². The van der Waals surface area contributed by atoms with Crippen molar-refractivity contribution in [3.63, 3.8) is 0 Å². The van der Waals surface area contributed by atoms with Gasteiger partial charge in [-0.1, -0.05) is 18.2 Å². The zero-order chi connectivity index (χ0) is 16.7. The van der Waals surface area contributed by atoms with Gasteiger partial charge in [-0.05, 0) is 18.1 Å². The van der Waals surface area contributed by atoms with Gasteiger partial charge in [0.2, 0.25) is 5.91 Å². The highest BCUT2D eigenvalue weighted by molar-refractivity contribution is 5.89. The predicted octanol–water partition coefficient (Wildman–Crippen LogP) is 1.81. The number of aryl methyl sites for hydroxylation is 1. The molecular weight excluding hydrogens is 294 g/mol. The fraction of sp³-hybridized carbons (Fsp3) is 0.294. The first kappa shape index (κ1) is 16.6. The monoisotopic (exact) mass is 313 g/mol. The van der Waals surface area contributed by atoms with Crippen LogP contribution >= 0.6 is 0 Å². The molecule has 1 amide bonds. The molecule has 0 fully saturated rings. The number of amides is 1. The topological polar surface area (TPSA) is 83.4 Å². The largest absolute Gasteiger partial charge is 0.478 e. The molecule has 0 aliphatic heterocycles. The van der Waals surface area contributed by atoms with E-state index in [4.69, 9.17) is 5.11 Å². The second-order valence-corrected chi connectivity index (χ2v) is 5.22. The van der Waals surface area contributed by atoms with Gasteiger partial charge in [-0.15, -0.1) is 0 Å². The smallest absolute Gasteiger partial charge is 0.335 e. The standard InChI is InChI=1S/C17H19N3O3/c1-20(11-8-14-12-18-9-10-19-14)16(21)7-6-13-4-2-3-5-15(13)17(22)23/h2-5,9-10,12H,6-8,11H2,1H3,(H,22,23). The molecule has 1 N–H and O–H groups in total. The van der Waals surface area contributed by atoms with Crippen molar-refractivity contribution in [1.29, 1.82) is 0 Å². The van der Waals surface area contributed by atoms with Crippen LogP contribution in [0.5, 0.6) is 0 Å². The average molecular weight is 313 g/mol. The summed E-state index contributed by atoms with van der Waals surface area (Å²) in [6.45, 7) is 0.554. The molecule has 1 aromatic carbocycles. The van der Waals surface area contributed by atoms with Crippen molar-refractivity contribution in [3.05, 3.63) is 59.7 Å². The van der Waals surface area contributed by atoms with Crippen molar-refractivity contribution in [3.8, 4) is 0 Å².